The zero-order chi connectivity index (χ0) is 26.3. The third kappa shape index (κ3) is 3.65. The van der Waals surface area contributed by atoms with Crippen LogP contribution in [0.3, 0.4) is 0 Å². The molecular formula is C37H26N2. The van der Waals surface area contributed by atoms with Crippen LogP contribution < -0.4 is 0 Å². The van der Waals surface area contributed by atoms with Crippen LogP contribution in [-0.2, 0) is 0 Å². The summed E-state index contributed by atoms with van der Waals surface area (Å²) >= 11 is 0. The Morgan fingerprint density at radius 1 is 0.564 bits per heavy atom. The van der Waals surface area contributed by atoms with Crippen molar-refractivity contribution in [1.29, 1.82) is 0 Å². The van der Waals surface area contributed by atoms with E-state index in [4.69, 9.17) is 0 Å². The maximum atomic E-state index is 4.35. The van der Waals surface area contributed by atoms with Crippen molar-refractivity contribution >= 4 is 72.4 Å². The molecule has 2 heteroatoms. The van der Waals surface area contributed by atoms with Gasteiger partial charge in [0.05, 0.1) is 0 Å². The molecular weight excluding hydrogens is 472 g/mol. The number of hydrogen-bond acceptors (Lipinski definition) is 2. The second-order valence-electron chi connectivity index (χ2n) is 9.89. The highest BCUT2D eigenvalue weighted by Crippen LogP contribution is 2.45. The lowest BCUT2D eigenvalue weighted by Crippen LogP contribution is -1.95. The standard InChI is InChI=1S/C37H26N2/c1-38-22-27(23-39-2)36-29-15-7-9-17-31(29)37(32-18-10-8-16-30(32)36)35-21-26-13-5-6-14-28(26)33-19-24-11-3-4-12-25(24)20-34(33)35/h3-23H,1H2,2H3/b27-22+,39-23?. The Labute approximate surface area is 227 Å². The normalized spacial score (nSPS) is 12.4. The molecule has 0 atom stereocenters. The highest BCUT2D eigenvalue weighted by atomic mass is 14.7. The van der Waals surface area contributed by atoms with Crippen molar-refractivity contribution in [2.75, 3.05) is 7.05 Å². The van der Waals surface area contributed by atoms with Gasteiger partial charge >= 0.3 is 0 Å². The van der Waals surface area contributed by atoms with E-state index in [9.17, 15) is 0 Å². The van der Waals surface area contributed by atoms with Crippen LogP contribution in [0.15, 0.2) is 131 Å². The quantitative estimate of drug-likeness (QED) is 0.131. The maximum absolute atomic E-state index is 4.35. The average Bonchev–Trinajstić information content (AvgIpc) is 2.98. The summed E-state index contributed by atoms with van der Waals surface area (Å²) in [5, 5.41) is 12.3. The van der Waals surface area contributed by atoms with Gasteiger partial charge in [0.15, 0.2) is 0 Å². The zero-order valence-electron chi connectivity index (χ0n) is 21.7. The van der Waals surface area contributed by atoms with E-state index in [1.165, 1.54) is 65.0 Å². The van der Waals surface area contributed by atoms with Crippen LogP contribution in [0, 0.1) is 0 Å². The van der Waals surface area contributed by atoms with E-state index in [1.807, 2.05) is 6.21 Å². The average molecular weight is 499 g/mol. The molecule has 2 nitrogen and oxygen atoms in total. The van der Waals surface area contributed by atoms with Crippen molar-refractivity contribution in [3.63, 3.8) is 0 Å². The molecule has 0 spiro atoms. The second-order valence-corrected chi connectivity index (χ2v) is 9.89. The summed E-state index contributed by atoms with van der Waals surface area (Å²) in [6.45, 7) is 3.73. The predicted molar refractivity (Wildman–Crippen MR) is 171 cm³/mol. The van der Waals surface area contributed by atoms with Crippen LogP contribution >= 0.6 is 0 Å². The Bertz CT molecular complexity index is 2090. The van der Waals surface area contributed by atoms with Gasteiger partial charge in [0.1, 0.15) is 0 Å². The van der Waals surface area contributed by atoms with Crippen LogP contribution in [0.5, 0.6) is 0 Å². The highest BCUT2D eigenvalue weighted by Gasteiger charge is 2.19. The summed E-state index contributed by atoms with van der Waals surface area (Å²) in [6.07, 6.45) is 3.68. The van der Waals surface area contributed by atoms with Gasteiger partial charge in [-0.05, 0) is 89.9 Å². The fraction of sp³-hybridized carbons (Fsp3) is 0.0270. The Morgan fingerprint density at radius 3 is 1.67 bits per heavy atom. The molecule has 0 N–H and O–H groups in total. The summed E-state index contributed by atoms with van der Waals surface area (Å²) in [5.74, 6) is 0. The molecule has 0 aromatic heterocycles. The van der Waals surface area contributed by atoms with Gasteiger partial charge in [-0.1, -0.05) is 97.1 Å². The fourth-order valence-corrected chi connectivity index (χ4v) is 6.12. The van der Waals surface area contributed by atoms with Crippen molar-refractivity contribution < 1.29 is 0 Å². The minimum absolute atomic E-state index is 0.945. The summed E-state index contributed by atoms with van der Waals surface area (Å²) in [5.41, 5.74) is 4.56. The van der Waals surface area contributed by atoms with E-state index in [-0.39, 0.29) is 0 Å². The Hall–Kier alpha value is -5.08. The Kier molecular flexibility index (Phi) is 5.53. The lowest BCUT2D eigenvalue weighted by molar-refractivity contribution is 1.47. The van der Waals surface area contributed by atoms with Crippen molar-refractivity contribution in [3.8, 4) is 11.1 Å². The van der Waals surface area contributed by atoms with Crippen LogP contribution in [-0.4, -0.2) is 20.0 Å². The van der Waals surface area contributed by atoms with Gasteiger partial charge in [-0.3, -0.25) is 9.98 Å². The second kappa shape index (κ2) is 9.34. The third-order valence-electron chi connectivity index (χ3n) is 7.71. The van der Waals surface area contributed by atoms with Gasteiger partial charge in [0.2, 0.25) is 0 Å². The van der Waals surface area contributed by atoms with Gasteiger partial charge in [0.25, 0.3) is 0 Å². The van der Waals surface area contributed by atoms with Crippen molar-refractivity contribution in [3.05, 3.63) is 127 Å². The molecule has 0 fully saturated rings. The first kappa shape index (κ1) is 23.1. The first-order valence-corrected chi connectivity index (χ1v) is 13.1. The molecule has 0 aliphatic rings. The molecule has 0 unspecified atom stereocenters. The summed E-state index contributed by atoms with van der Waals surface area (Å²) in [7, 11) is 1.79. The van der Waals surface area contributed by atoms with E-state index < -0.39 is 0 Å². The predicted octanol–water partition coefficient (Wildman–Crippen LogP) is 9.86. The van der Waals surface area contributed by atoms with Crippen LogP contribution in [0.2, 0.25) is 0 Å². The number of allylic oxidation sites excluding steroid dienone is 1. The molecule has 7 rings (SSSR count). The molecule has 7 aromatic rings. The topological polar surface area (TPSA) is 24.7 Å². The van der Waals surface area contributed by atoms with E-state index in [1.54, 1.807) is 13.2 Å². The van der Waals surface area contributed by atoms with E-state index in [2.05, 4.69) is 132 Å². The minimum Gasteiger partial charge on any atom is -0.296 e. The van der Waals surface area contributed by atoms with Gasteiger partial charge in [-0.2, -0.15) is 0 Å². The third-order valence-corrected chi connectivity index (χ3v) is 7.71. The van der Waals surface area contributed by atoms with Gasteiger partial charge in [0, 0.05) is 30.6 Å². The molecule has 0 aliphatic carbocycles. The monoisotopic (exact) mass is 498 g/mol. The number of benzene rings is 7. The van der Waals surface area contributed by atoms with Crippen LogP contribution in [0.4, 0.5) is 0 Å². The van der Waals surface area contributed by atoms with Gasteiger partial charge < -0.3 is 0 Å². The number of fused-ring (bicyclic) bond motifs is 6. The molecule has 184 valence electrons. The zero-order valence-corrected chi connectivity index (χ0v) is 21.7. The molecule has 0 aliphatic heterocycles. The number of nitrogens with zero attached hydrogens (tertiary/aromatic N) is 2. The van der Waals surface area contributed by atoms with E-state index >= 15 is 0 Å². The smallest absolute Gasteiger partial charge is 0.0354 e. The van der Waals surface area contributed by atoms with Crippen LogP contribution in [0.1, 0.15) is 5.56 Å². The lowest BCUT2D eigenvalue weighted by atomic mass is 9.83. The summed E-state index contributed by atoms with van der Waals surface area (Å²) in [4.78, 5) is 8.47. The Balaban J connectivity index is 1.72. The largest absolute Gasteiger partial charge is 0.296 e. The highest BCUT2D eigenvalue weighted by molar-refractivity contribution is 6.28. The van der Waals surface area contributed by atoms with Crippen molar-refractivity contribution in [2.45, 2.75) is 0 Å². The first-order valence-electron chi connectivity index (χ1n) is 13.1. The fourth-order valence-electron chi connectivity index (χ4n) is 6.12. The summed E-state index contributed by atoms with van der Waals surface area (Å²) in [6, 6.07) is 41.8. The van der Waals surface area contributed by atoms with Crippen LogP contribution in [0.25, 0.3) is 70.6 Å². The molecule has 0 saturated heterocycles. The first-order chi connectivity index (χ1) is 19.3. The molecule has 0 bridgehead atoms. The Morgan fingerprint density at radius 2 is 1.08 bits per heavy atom. The van der Waals surface area contributed by atoms with Crippen molar-refractivity contribution in [1.82, 2.24) is 0 Å². The minimum atomic E-state index is 0.945. The number of rotatable bonds is 4. The number of hydrogen-bond donors (Lipinski definition) is 0. The molecule has 0 radical (unpaired) electrons. The molecule has 39 heavy (non-hydrogen) atoms. The van der Waals surface area contributed by atoms with Crippen molar-refractivity contribution in [2.24, 2.45) is 9.98 Å². The van der Waals surface area contributed by atoms with E-state index in [0.717, 1.165) is 11.1 Å². The lowest BCUT2D eigenvalue weighted by Gasteiger charge is -2.20. The molecule has 0 amide bonds. The summed E-state index contributed by atoms with van der Waals surface area (Å²) < 4.78 is 0. The maximum Gasteiger partial charge on any atom is 0.0354 e. The van der Waals surface area contributed by atoms with Gasteiger partial charge in [-0.25, -0.2) is 0 Å². The molecule has 0 heterocycles. The van der Waals surface area contributed by atoms with Gasteiger partial charge in [-0.15, -0.1) is 0 Å². The van der Waals surface area contributed by atoms with E-state index in [0.29, 0.717) is 0 Å². The molecule has 7 aromatic carbocycles. The SMILES string of the molecule is C=N/C=C(\C=NC)c1c2ccccc2c(-c2cc3ccccc3c3cc4ccccc4cc23)c2ccccc12. The molecule has 0 saturated carbocycles. The number of aliphatic imine (C=N–C) groups is 2.